The first-order valence-corrected chi connectivity index (χ1v) is 4.43. The first-order valence-electron chi connectivity index (χ1n) is 2.40. The smallest absolute Gasteiger partial charge is 0.324 e. The van der Waals surface area contributed by atoms with Crippen molar-refractivity contribution in [3.8, 4) is 0 Å². The minimum absolute atomic E-state index is 0. The van der Waals surface area contributed by atoms with Crippen LogP contribution < -0.4 is 0 Å². The zero-order valence-electron chi connectivity index (χ0n) is 5.79. The van der Waals surface area contributed by atoms with E-state index >= 15 is 0 Å². The van der Waals surface area contributed by atoms with E-state index in [1.54, 1.807) is 13.8 Å². The van der Waals surface area contributed by atoms with Crippen molar-refractivity contribution in [2.45, 2.75) is 20.0 Å². The number of hydrogen-bond donors (Lipinski definition) is 1. The van der Waals surface area contributed by atoms with Crippen molar-refractivity contribution in [1.29, 1.82) is 0 Å². The summed E-state index contributed by atoms with van der Waals surface area (Å²) in [5.41, 5.74) is 0. The van der Waals surface area contributed by atoms with Crippen LogP contribution in [0.4, 0.5) is 0 Å². The Hall–Kier alpha value is 1.47. The summed E-state index contributed by atoms with van der Waals surface area (Å²) >= 11 is 0. The van der Waals surface area contributed by atoms with E-state index in [9.17, 15) is 4.57 Å². The second kappa shape index (κ2) is 5.17. The van der Waals surface area contributed by atoms with E-state index in [1.807, 2.05) is 0 Å². The van der Waals surface area contributed by atoms with E-state index < -0.39 is 7.60 Å². The zero-order chi connectivity index (χ0) is 6.78. The third-order valence-corrected chi connectivity index (χ3v) is 1.22. The first kappa shape index (κ1) is 13.1. The first-order chi connectivity index (χ1) is 3.42. The molecule has 1 atom stereocenters. The molecule has 0 radical (unpaired) electrons. The van der Waals surface area contributed by atoms with Gasteiger partial charge >= 0.3 is 7.60 Å². The minimum atomic E-state index is -3.22. The Morgan fingerprint density at radius 1 is 1.56 bits per heavy atom. The molecule has 0 aliphatic heterocycles. The summed E-state index contributed by atoms with van der Waals surface area (Å²) < 4.78 is 14.9. The Bertz CT molecular complexity index is 108. The van der Waals surface area contributed by atoms with E-state index in [0.29, 0.717) is 0 Å². The monoisotopic (exact) mass is 370 g/mol. The van der Waals surface area contributed by atoms with Gasteiger partial charge in [0.15, 0.2) is 0 Å². The van der Waals surface area contributed by atoms with Crippen LogP contribution in [0.3, 0.4) is 0 Å². The van der Waals surface area contributed by atoms with Gasteiger partial charge in [0.25, 0.3) is 0 Å². The Kier molecular flexibility index (Phi) is 7.52. The van der Waals surface area contributed by atoms with Crippen LogP contribution in [-0.2, 0) is 9.09 Å². The molecule has 3 nitrogen and oxygen atoms in total. The van der Waals surface area contributed by atoms with Gasteiger partial charge in [-0.3, -0.25) is 4.57 Å². The molecule has 0 aliphatic carbocycles. The molecule has 0 spiro atoms. The van der Waals surface area contributed by atoms with Gasteiger partial charge in [0.05, 0.1) is 6.10 Å². The fourth-order valence-electron chi connectivity index (χ4n) is 0.391. The van der Waals surface area contributed by atoms with E-state index in [2.05, 4.69) is 4.52 Å². The van der Waals surface area contributed by atoms with Crippen LogP contribution in [0.1, 0.15) is 13.8 Å². The molecule has 0 saturated carbocycles. The summed E-state index contributed by atoms with van der Waals surface area (Å²) in [5, 5.41) is 0. The average Bonchev–Trinajstić information content (AvgIpc) is 1.21. The van der Waals surface area contributed by atoms with Crippen LogP contribution in [0, 0.1) is 39.9 Å². The third-order valence-electron chi connectivity index (χ3n) is 0.406. The van der Waals surface area contributed by atoms with Gasteiger partial charge in [0, 0.05) is 46.6 Å². The molecule has 0 aromatic rings. The van der Waals surface area contributed by atoms with Gasteiger partial charge in [0.1, 0.15) is 0 Å². The molecule has 54 valence electrons. The molecule has 0 fully saturated rings. The Balaban J connectivity index is 0. The van der Waals surface area contributed by atoms with Crippen molar-refractivity contribution in [3.63, 3.8) is 0 Å². The van der Waals surface area contributed by atoms with Gasteiger partial charge in [0.2, 0.25) is 0 Å². The van der Waals surface area contributed by atoms with Gasteiger partial charge in [-0.2, -0.15) is 0 Å². The maximum absolute atomic E-state index is 10.4. The predicted molar refractivity (Wildman–Crippen MR) is 32.0 cm³/mol. The second-order valence-electron chi connectivity index (χ2n) is 1.96. The average molecular weight is 370 g/mol. The van der Waals surface area contributed by atoms with Gasteiger partial charge in [-0.1, -0.05) is 0 Å². The van der Waals surface area contributed by atoms with E-state index in [0.717, 1.165) is 0 Å². The SMILES string of the molecule is CC(C)OP(C)(=O)O.[Th]. The van der Waals surface area contributed by atoms with Crippen LogP contribution in [0.2, 0.25) is 0 Å². The molecule has 1 N–H and O–H groups in total. The van der Waals surface area contributed by atoms with Crippen LogP contribution in [0.5, 0.6) is 0 Å². The van der Waals surface area contributed by atoms with Gasteiger partial charge in [-0.25, -0.2) is 0 Å². The van der Waals surface area contributed by atoms with Crippen molar-refractivity contribution >= 4 is 7.60 Å². The molecule has 0 aromatic carbocycles. The summed E-state index contributed by atoms with van der Waals surface area (Å²) in [6, 6.07) is 0. The van der Waals surface area contributed by atoms with Crippen molar-refractivity contribution in [1.82, 2.24) is 0 Å². The Morgan fingerprint density at radius 3 is 1.89 bits per heavy atom. The fourth-order valence-corrected chi connectivity index (χ4v) is 1.17. The Morgan fingerprint density at radius 2 is 1.89 bits per heavy atom. The van der Waals surface area contributed by atoms with E-state index in [4.69, 9.17) is 4.89 Å². The molecule has 0 amide bonds. The number of hydrogen-bond acceptors (Lipinski definition) is 2. The molecule has 9 heavy (non-hydrogen) atoms. The fraction of sp³-hybridized carbons (Fsp3) is 1.00. The van der Waals surface area contributed by atoms with Crippen molar-refractivity contribution in [2.75, 3.05) is 6.66 Å². The van der Waals surface area contributed by atoms with Crippen molar-refractivity contribution < 1.29 is 53.9 Å². The largest absolute Gasteiger partial charge is 0.325 e. The predicted octanol–water partition coefficient (Wildman–Crippen LogP) is 1.23. The Labute approximate surface area is 87.4 Å². The molecule has 0 heterocycles. The van der Waals surface area contributed by atoms with Crippen molar-refractivity contribution in [3.05, 3.63) is 0 Å². The van der Waals surface area contributed by atoms with Crippen LogP contribution in [0.25, 0.3) is 0 Å². The molecular weight excluding hydrogens is 359 g/mol. The summed E-state index contributed by atoms with van der Waals surface area (Å²) in [6.45, 7) is 4.60. The van der Waals surface area contributed by atoms with Crippen LogP contribution in [-0.4, -0.2) is 17.7 Å². The molecule has 0 aromatic heterocycles. The molecule has 1 unspecified atom stereocenters. The van der Waals surface area contributed by atoms with E-state index in [1.165, 1.54) is 6.66 Å². The normalized spacial score (nSPS) is 16.6. The number of rotatable bonds is 2. The zero-order valence-corrected chi connectivity index (χ0v) is 10.8. The third kappa shape index (κ3) is 12.6. The maximum atomic E-state index is 10.4. The van der Waals surface area contributed by atoms with Gasteiger partial charge in [-0.05, 0) is 13.8 Å². The van der Waals surface area contributed by atoms with Gasteiger partial charge in [-0.15, -0.1) is 0 Å². The minimum Gasteiger partial charge on any atom is -0.324 e. The van der Waals surface area contributed by atoms with E-state index in [-0.39, 0.29) is 46.0 Å². The summed E-state index contributed by atoms with van der Waals surface area (Å²) in [7, 11) is -3.22. The molecule has 0 bridgehead atoms. The second-order valence-corrected chi connectivity index (χ2v) is 3.77. The van der Waals surface area contributed by atoms with Crippen LogP contribution >= 0.6 is 7.60 Å². The van der Waals surface area contributed by atoms with Gasteiger partial charge < -0.3 is 9.42 Å². The quantitative estimate of drug-likeness (QED) is 0.744. The standard InChI is InChI=1S/C4H11O3P.Th/c1-4(2)7-8(3,5)6;/h4H,1-3H3,(H,5,6);. The topological polar surface area (TPSA) is 46.5 Å². The summed E-state index contributed by atoms with van der Waals surface area (Å²) in [4.78, 5) is 8.52. The van der Waals surface area contributed by atoms with Crippen molar-refractivity contribution in [2.24, 2.45) is 0 Å². The molecule has 5 heteroatoms. The summed E-state index contributed by atoms with van der Waals surface area (Å²) in [6.07, 6.45) is -0.171. The molecule has 0 rings (SSSR count). The molecular formula is C4H11O3PTh. The molecule has 0 saturated heterocycles. The maximum Gasteiger partial charge on any atom is 0.325 e. The summed E-state index contributed by atoms with van der Waals surface area (Å²) in [5.74, 6) is 0. The molecule has 0 aliphatic rings. The van der Waals surface area contributed by atoms with Crippen LogP contribution in [0.15, 0.2) is 0 Å².